The fourth-order valence-electron chi connectivity index (χ4n) is 2.37. The molecular weight excluding hydrogens is 333 g/mol. The van der Waals surface area contributed by atoms with Gasteiger partial charge in [0, 0.05) is 18.7 Å². The predicted molar refractivity (Wildman–Crippen MR) is 87.8 cm³/mol. The van der Waals surface area contributed by atoms with E-state index in [0.717, 1.165) is 19.4 Å². The van der Waals surface area contributed by atoms with Crippen LogP contribution in [0.2, 0.25) is 0 Å². The van der Waals surface area contributed by atoms with Gasteiger partial charge in [0.25, 0.3) is 0 Å². The second-order valence-electron chi connectivity index (χ2n) is 5.45. The number of hydrogen-bond acceptors (Lipinski definition) is 6. The lowest BCUT2D eigenvalue weighted by atomic mass is 10.2. The standard InChI is InChI=1S/C16H18FN3O3S/c17-12-4-1-3-11(7-12)16-19-15(23-20-16)10-24-9-14(21)18-8-13-5-2-6-22-13/h1,3-4,7,13H,2,5-6,8-10H2,(H,18,21). The minimum Gasteiger partial charge on any atom is -0.376 e. The maximum Gasteiger partial charge on any atom is 0.236 e. The maximum absolute atomic E-state index is 13.2. The molecule has 1 aliphatic heterocycles. The van der Waals surface area contributed by atoms with Gasteiger partial charge in [0.2, 0.25) is 17.6 Å². The Morgan fingerprint density at radius 1 is 1.46 bits per heavy atom. The lowest BCUT2D eigenvalue weighted by Gasteiger charge is -2.10. The molecule has 1 atom stereocenters. The number of nitrogens with zero attached hydrogens (tertiary/aromatic N) is 2. The van der Waals surface area contributed by atoms with E-state index in [1.54, 1.807) is 12.1 Å². The molecule has 0 aliphatic carbocycles. The highest BCUT2D eigenvalue weighted by atomic mass is 32.2. The van der Waals surface area contributed by atoms with E-state index in [1.807, 2.05) is 0 Å². The first-order valence-corrected chi connectivity index (χ1v) is 8.91. The molecule has 128 valence electrons. The molecule has 3 rings (SSSR count). The van der Waals surface area contributed by atoms with E-state index in [4.69, 9.17) is 9.26 Å². The number of thioether (sulfide) groups is 1. The Hall–Kier alpha value is -1.93. The third-order valence-corrected chi connectivity index (χ3v) is 4.48. The number of ether oxygens (including phenoxy) is 1. The van der Waals surface area contributed by atoms with Crippen molar-refractivity contribution < 1.29 is 18.4 Å². The summed E-state index contributed by atoms with van der Waals surface area (Å²) in [6.45, 7) is 1.34. The monoisotopic (exact) mass is 351 g/mol. The summed E-state index contributed by atoms with van der Waals surface area (Å²) < 4.78 is 23.8. The van der Waals surface area contributed by atoms with Gasteiger partial charge in [-0.05, 0) is 25.0 Å². The summed E-state index contributed by atoms with van der Waals surface area (Å²) in [7, 11) is 0. The highest BCUT2D eigenvalue weighted by Gasteiger charge is 2.16. The normalized spacial score (nSPS) is 17.1. The molecule has 8 heteroatoms. The van der Waals surface area contributed by atoms with Crippen LogP contribution >= 0.6 is 11.8 Å². The number of carbonyl (C=O) groups excluding carboxylic acids is 1. The average molecular weight is 351 g/mol. The van der Waals surface area contributed by atoms with Gasteiger partial charge >= 0.3 is 0 Å². The molecule has 0 radical (unpaired) electrons. The molecule has 1 unspecified atom stereocenters. The Balaban J connectivity index is 1.41. The first-order chi connectivity index (χ1) is 11.7. The van der Waals surface area contributed by atoms with Gasteiger partial charge in [0.1, 0.15) is 5.82 Å². The van der Waals surface area contributed by atoms with Crippen LogP contribution in [0.3, 0.4) is 0 Å². The van der Waals surface area contributed by atoms with E-state index in [9.17, 15) is 9.18 Å². The minimum absolute atomic E-state index is 0.0413. The number of nitrogens with one attached hydrogen (secondary N) is 1. The van der Waals surface area contributed by atoms with Crippen LogP contribution in [0, 0.1) is 5.82 Å². The quantitative estimate of drug-likeness (QED) is 0.825. The summed E-state index contributed by atoms with van der Waals surface area (Å²) in [5.41, 5.74) is 0.560. The molecule has 1 aliphatic rings. The van der Waals surface area contributed by atoms with Gasteiger partial charge in [0.05, 0.1) is 17.6 Å². The van der Waals surface area contributed by atoms with Crippen molar-refractivity contribution in [3.05, 3.63) is 36.0 Å². The Bertz CT molecular complexity index is 689. The van der Waals surface area contributed by atoms with Crippen molar-refractivity contribution in [2.45, 2.75) is 24.7 Å². The van der Waals surface area contributed by atoms with Crippen molar-refractivity contribution in [2.24, 2.45) is 0 Å². The van der Waals surface area contributed by atoms with Gasteiger partial charge in [-0.15, -0.1) is 11.8 Å². The van der Waals surface area contributed by atoms with E-state index in [0.29, 0.717) is 35.3 Å². The zero-order chi connectivity index (χ0) is 16.8. The Morgan fingerprint density at radius 2 is 2.38 bits per heavy atom. The highest BCUT2D eigenvalue weighted by molar-refractivity contribution is 7.99. The van der Waals surface area contributed by atoms with Crippen molar-refractivity contribution in [3.63, 3.8) is 0 Å². The zero-order valence-corrected chi connectivity index (χ0v) is 13.9. The Labute approximate surface area is 143 Å². The third kappa shape index (κ3) is 4.78. The van der Waals surface area contributed by atoms with Crippen molar-refractivity contribution >= 4 is 17.7 Å². The van der Waals surface area contributed by atoms with Crippen LogP contribution in [0.25, 0.3) is 11.4 Å². The number of hydrogen-bond donors (Lipinski definition) is 1. The van der Waals surface area contributed by atoms with E-state index in [2.05, 4.69) is 15.5 Å². The van der Waals surface area contributed by atoms with Crippen LogP contribution in [-0.2, 0) is 15.3 Å². The van der Waals surface area contributed by atoms with Gasteiger partial charge < -0.3 is 14.6 Å². The zero-order valence-electron chi connectivity index (χ0n) is 13.0. The lowest BCUT2D eigenvalue weighted by Crippen LogP contribution is -2.32. The van der Waals surface area contributed by atoms with Crippen LogP contribution < -0.4 is 5.32 Å². The van der Waals surface area contributed by atoms with Gasteiger partial charge in [-0.2, -0.15) is 4.98 Å². The molecule has 1 saturated heterocycles. The summed E-state index contributed by atoms with van der Waals surface area (Å²) in [4.78, 5) is 16.0. The topological polar surface area (TPSA) is 77.2 Å². The third-order valence-electron chi connectivity index (χ3n) is 3.56. The molecule has 1 N–H and O–H groups in total. The van der Waals surface area contributed by atoms with Crippen molar-refractivity contribution in [3.8, 4) is 11.4 Å². The van der Waals surface area contributed by atoms with Gasteiger partial charge in [0.15, 0.2) is 0 Å². The Morgan fingerprint density at radius 3 is 3.17 bits per heavy atom. The molecule has 1 amide bonds. The van der Waals surface area contributed by atoms with Crippen molar-refractivity contribution in [1.29, 1.82) is 0 Å². The fraction of sp³-hybridized carbons (Fsp3) is 0.438. The average Bonchev–Trinajstić information content (AvgIpc) is 3.25. The largest absolute Gasteiger partial charge is 0.376 e. The van der Waals surface area contributed by atoms with Gasteiger partial charge in [-0.25, -0.2) is 4.39 Å². The first kappa shape index (κ1) is 16.9. The Kier molecular flexibility index (Phi) is 5.81. The fourth-order valence-corrected chi connectivity index (χ4v) is 3.05. The van der Waals surface area contributed by atoms with E-state index in [-0.39, 0.29) is 17.8 Å². The first-order valence-electron chi connectivity index (χ1n) is 7.75. The van der Waals surface area contributed by atoms with Crippen molar-refractivity contribution in [2.75, 3.05) is 18.9 Å². The summed E-state index contributed by atoms with van der Waals surface area (Å²) in [5.74, 6) is 1.09. The van der Waals surface area contributed by atoms with Crippen LogP contribution in [-0.4, -0.2) is 41.1 Å². The second kappa shape index (κ2) is 8.25. The number of amides is 1. The number of carbonyl (C=O) groups is 1. The minimum atomic E-state index is -0.351. The molecule has 0 bridgehead atoms. The predicted octanol–water partition coefficient (Wildman–Crippen LogP) is 2.40. The van der Waals surface area contributed by atoms with Crippen molar-refractivity contribution in [1.82, 2.24) is 15.5 Å². The smallest absolute Gasteiger partial charge is 0.236 e. The maximum atomic E-state index is 13.2. The summed E-state index contributed by atoms with van der Waals surface area (Å²) in [5, 5.41) is 6.69. The van der Waals surface area contributed by atoms with Crippen LogP contribution in [0.1, 0.15) is 18.7 Å². The summed E-state index contributed by atoms with van der Waals surface area (Å²) in [6.07, 6.45) is 2.20. The lowest BCUT2D eigenvalue weighted by molar-refractivity contribution is -0.119. The molecule has 2 heterocycles. The van der Waals surface area contributed by atoms with Crippen LogP contribution in [0.4, 0.5) is 4.39 Å². The molecule has 1 fully saturated rings. The number of benzene rings is 1. The van der Waals surface area contributed by atoms with Gasteiger partial charge in [-0.1, -0.05) is 17.3 Å². The number of rotatable bonds is 7. The summed E-state index contributed by atoms with van der Waals surface area (Å²) >= 11 is 1.39. The molecule has 1 aromatic heterocycles. The number of aromatic nitrogens is 2. The molecule has 0 saturated carbocycles. The second-order valence-corrected chi connectivity index (χ2v) is 6.44. The molecule has 0 spiro atoms. The van der Waals surface area contributed by atoms with Crippen LogP contribution in [0.5, 0.6) is 0 Å². The van der Waals surface area contributed by atoms with Crippen LogP contribution in [0.15, 0.2) is 28.8 Å². The van der Waals surface area contributed by atoms with E-state index >= 15 is 0 Å². The van der Waals surface area contributed by atoms with E-state index < -0.39 is 0 Å². The number of halogens is 1. The molecule has 2 aromatic rings. The van der Waals surface area contributed by atoms with E-state index in [1.165, 1.54) is 23.9 Å². The summed E-state index contributed by atoms with van der Waals surface area (Å²) in [6, 6.07) is 6.01. The molecular formula is C16H18FN3O3S. The highest BCUT2D eigenvalue weighted by Crippen LogP contribution is 2.18. The molecule has 24 heavy (non-hydrogen) atoms. The SMILES string of the molecule is O=C(CSCc1nc(-c2cccc(F)c2)no1)NCC1CCCO1. The molecule has 1 aromatic carbocycles. The molecule has 6 nitrogen and oxygen atoms in total. The van der Waals surface area contributed by atoms with Gasteiger partial charge in [-0.3, -0.25) is 4.79 Å².